The Kier molecular flexibility index (Phi) is 5.74. The number of thiazole rings is 1. The summed E-state index contributed by atoms with van der Waals surface area (Å²) in [6.07, 6.45) is 4.53. The standard InChI is InChI=1S/C19H27N3OS/c1-14(3-4-16-5-7-18(23)8-6-16)20-17-9-11-22(12-10-17)19-21-15(2)13-24-19/h5-8,13-14,17,20,23H,3-4,9-12H2,1-2H3/t14-/m1/s1. The summed E-state index contributed by atoms with van der Waals surface area (Å²) >= 11 is 1.75. The van der Waals surface area contributed by atoms with Crippen molar-refractivity contribution < 1.29 is 5.11 Å². The molecule has 4 nitrogen and oxygen atoms in total. The second kappa shape index (κ2) is 7.99. The van der Waals surface area contributed by atoms with Crippen molar-refractivity contribution in [2.45, 2.75) is 51.6 Å². The maximum atomic E-state index is 9.34. The maximum Gasteiger partial charge on any atom is 0.185 e. The predicted octanol–water partition coefficient (Wildman–Crippen LogP) is 3.74. The lowest BCUT2D eigenvalue weighted by atomic mass is 10.0. The van der Waals surface area contributed by atoms with Crippen molar-refractivity contribution in [3.8, 4) is 5.75 Å². The number of phenolic OH excluding ortho intramolecular Hbond substituents is 1. The van der Waals surface area contributed by atoms with Crippen LogP contribution in [0, 0.1) is 6.92 Å². The average Bonchev–Trinajstić information content (AvgIpc) is 3.01. The van der Waals surface area contributed by atoms with Crippen LogP contribution in [-0.4, -0.2) is 35.3 Å². The first-order valence-corrected chi connectivity index (χ1v) is 9.69. The Morgan fingerprint density at radius 1 is 1.29 bits per heavy atom. The summed E-state index contributed by atoms with van der Waals surface area (Å²) in [5, 5.41) is 16.4. The fourth-order valence-corrected chi connectivity index (χ4v) is 4.11. The lowest BCUT2D eigenvalue weighted by Crippen LogP contribution is -2.45. The van der Waals surface area contributed by atoms with Crippen LogP contribution >= 0.6 is 11.3 Å². The summed E-state index contributed by atoms with van der Waals surface area (Å²) in [4.78, 5) is 7.01. The molecule has 0 bridgehead atoms. The Morgan fingerprint density at radius 3 is 2.62 bits per heavy atom. The molecule has 1 aromatic carbocycles. The molecular formula is C19H27N3OS. The Morgan fingerprint density at radius 2 is 2.00 bits per heavy atom. The zero-order valence-electron chi connectivity index (χ0n) is 14.5. The van der Waals surface area contributed by atoms with Gasteiger partial charge in [0.2, 0.25) is 0 Å². The topological polar surface area (TPSA) is 48.4 Å². The molecule has 0 saturated carbocycles. The van der Waals surface area contributed by atoms with Crippen molar-refractivity contribution in [3.63, 3.8) is 0 Å². The molecular weight excluding hydrogens is 318 g/mol. The Hall–Kier alpha value is -1.59. The molecule has 130 valence electrons. The van der Waals surface area contributed by atoms with Crippen molar-refractivity contribution in [1.29, 1.82) is 0 Å². The summed E-state index contributed by atoms with van der Waals surface area (Å²) in [5.74, 6) is 0.340. The van der Waals surface area contributed by atoms with Crippen LogP contribution in [0.1, 0.15) is 37.4 Å². The van der Waals surface area contributed by atoms with Crippen molar-refractivity contribution in [1.82, 2.24) is 10.3 Å². The average molecular weight is 346 g/mol. The number of aromatic nitrogens is 1. The van der Waals surface area contributed by atoms with Crippen LogP contribution in [0.4, 0.5) is 5.13 Å². The third kappa shape index (κ3) is 4.71. The quantitative estimate of drug-likeness (QED) is 0.837. The van der Waals surface area contributed by atoms with Crippen LogP contribution in [0.2, 0.25) is 0 Å². The van der Waals surface area contributed by atoms with Crippen molar-refractivity contribution in [3.05, 3.63) is 40.9 Å². The highest BCUT2D eigenvalue weighted by Gasteiger charge is 2.21. The molecule has 0 aliphatic carbocycles. The molecule has 5 heteroatoms. The number of aromatic hydroxyl groups is 1. The van der Waals surface area contributed by atoms with Crippen molar-refractivity contribution in [2.75, 3.05) is 18.0 Å². The van der Waals surface area contributed by atoms with Gasteiger partial charge in [-0.25, -0.2) is 4.98 Å². The van der Waals surface area contributed by atoms with E-state index in [-0.39, 0.29) is 0 Å². The molecule has 0 spiro atoms. The number of anilines is 1. The zero-order valence-corrected chi connectivity index (χ0v) is 15.4. The third-order valence-corrected chi connectivity index (χ3v) is 5.71. The summed E-state index contributed by atoms with van der Waals surface area (Å²) in [7, 11) is 0. The van der Waals surface area contributed by atoms with Crippen molar-refractivity contribution in [2.24, 2.45) is 0 Å². The second-order valence-electron chi connectivity index (χ2n) is 6.81. The first-order valence-electron chi connectivity index (χ1n) is 8.81. The zero-order chi connectivity index (χ0) is 16.9. The Balaban J connectivity index is 1.39. The van der Waals surface area contributed by atoms with Gasteiger partial charge in [-0.05, 0) is 57.2 Å². The lowest BCUT2D eigenvalue weighted by Gasteiger charge is -2.33. The van der Waals surface area contributed by atoms with Crippen LogP contribution in [-0.2, 0) is 6.42 Å². The van der Waals surface area contributed by atoms with E-state index in [4.69, 9.17) is 0 Å². The monoisotopic (exact) mass is 345 g/mol. The van der Waals surface area contributed by atoms with Crippen LogP contribution in [0.3, 0.4) is 0 Å². The highest BCUT2D eigenvalue weighted by atomic mass is 32.1. The fourth-order valence-electron chi connectivity index (χ4n) is 3.26. The van der Waals surface area contributed by atoms with E-state index in [1.165, 1.54) is 23.5 Å². The first-order chi connectivity index (χ1) is 11.6. The van der Waals surface area contributed by atoms with E-state index in [0.717, 1.165) is 31.6 Å². The van der Waals surface area contributed by atoms with E-state index < -0.39 is 0 Å². The molecule has 1 atom stereocenters. The Labute approximate surface area is 148 Å². The molecule has 0 radical (unpaired) electrons. The number of rotatable bonds is 6. The van der Waals surface area contributed by atoms with E-state index in [2.05, 4.69) is 34.4 Å². The number of nitrogens with one attached hydrogen (secondary N) is 1. The van der Waals surface area contributed by atoms with Gasteiger partial charge in [0, 0.05) is 30.6 Å². The highest BCUT2D eigenvalue weighted by molar-refractivity contribution is 7.13. The van der Waals surface area contributed by atoms with Crippen molar-refractivity contribution >= 4 is 16.5 Å². The van der Waals surface area contributed by atoms with Gasteiger partial charge in [0.05, 0.1) is 5.69 Å². The largest absolute Gasteiger partial charge is 0.508 e. The maximum absolute atomic E-state index is 9.34. The van der Waals surface area contributed by atoms with Gasteiger partial charge in [-0.3, -0.25) is 0 Å². The number of piperidine rings is 1. The van der Waals surface area contributed by atoms with Gasteiger partial charge >= 0.3 is 0 Å². The number of benzene rings is 1. The fraction of sp³-hybridized carbons (Fsp3) is 0.526. The molecule has 0 unspecified atom stereocenters. The molecule has 2 heterocycles. The van der Waals surface area contributed by atoms with E-state index in [0.29, 0.717) is 17.8 Å². The smallest absolute Gasteiger partial charge is 0.185 e. The van der Waals surface area contributed by atoms with Gasteiger partial charge in [0.15, 0.2) is 5.13 Å². The molecule has 1 aliphatic rings. The predicted molar refractivity (Wildman–Crippen MR) is 101 cm³/mol. The number of nitrogens with zero attached hydrogens (tertiary/aromatic N) is 2. The van der Waals surface area contributed by atoms with Crippen LogP contribution < -0.4 is 10.2 Å². The number of hydrogen-bond acceptors (Lipinski definition) is 5. The normalized spacial score (nSPS) is 17.2. The molecule has 3 rings (SSSR count). The minimum absolute atomic E-state index is 0.340. The van der Waals surface area contributed by atoms with Crippen LogP contribution in [0.25, 0.3) is 0 Å². The Bertz CT molecular complexity index is 632. The molecule has 1 aliphatic heterocycles. The number of hydrogen-bond donors (Lipinski definition) is 2. The summed E-state index contributed by atoms with van der Waals surface area (Å²) in [6.45, 7) is 6.52. The van der Waals surface area contributed by atoms with Gasteiger partial charge in [0.1, 0.15) is 5.75 Å². The van der Waals surface area contributed by atoms with E-state index >= 15 is 0 Å². The number of phenols is 1. The minimum Gasteiger partial charge on any atom is -0.508 e. The molecule has 1 aromatic heterocycles. The molecule has 1 saturated heterocycles. The van der Waals surface area contributed by atoms with Gasteiger partial charge in [-0.15, -0.1) is 11.3 Å². The third-order valence-electron chi connectivity index (χ3n) is 4.69. The summed E-state index contributed by atoms with van der Waals surface area (Å²) < 4.78 is 0. The van der Waals surface area contributed by atoms with Gasteiger partial charge < -0.3 is 15.3 Å². The lowest BCUT2D eigenvalue weighted by molar-refractivity contribution is 0.366. The van der Waals surface area contributed by atoms with E-state index in [1.807, 2.05) is 12.1 Å². The molecule has 2 aromatic rings. The molecule has 2 N–H and O–H groups in total. The van der Waals surface area contributed by atoms with Crippen LogP contribution in [0.15, 0.2) is 29.6 Å². The second-order valence-corrected chi connectivity index (χ2v) is 7.64. The number of aryl methyl sites for hydroxylation is 2. The summed E-state index contributed by atoms with van der Waals surface area (Å²) in [5.41, 5.74) is 2.41. The van der Waals surface area contributed by atoms with Gasteiger partial charge in [0.25, 0.3) is 0 Å². The highest BCUT2D eigenvalue weighted by Crippen LogP contribution is 2.24. The van der Waals surface area contributed by atoms with Gasteiger partial charge in [-0.2, -0.15) is 0 Å². The van der Waals surface area contributed by atoms with E-state index in [9.17, 15) is 5.11 Å². The molecule has 0 amide bonds. The van der Waals surface area contributed by atoms with Gasteiger partial charge in [-0.1, -0.05) is 12.1 Å². The molecule has 24 heavy (non-hydrogen) atoms. The SMILES string of the molecule is Cc1csc(N2CCC(N[C@H](C)CCc3ccc(O)cc3)CC2)n1. The minimum atomic E-state index is 0.340. The van der Waals surface area contributed by atoms with Crippen LogP contribution in [0.5, 0.6) is 5.75 Å². The first kappa shape index (κ1) is 17.2. The molecule has 1 fully saturated rings. The summed E-state index contributed by atoms with van der Waals surface area (Å²) in [6, 6.07) is 8.68. The van der Waals surface area contributed by atoms with E-state index in [1.54, 1.807) is 23.5 Å².